The summed E-state index contributed by atoms with van der Waals surface area (Å²) in [7, 11) is 0. The lowest BCUT2D eigenvalue weighted by molar-refractivity contribution is -0.179. The number of alkyl carbamates (subject to hydrolysis) is 1. The Morgan fingerprint density at radius 3 is 2.41 bits per heavy atom. The summed E-state index contributed by atoms with van der Waals surface area (Å²) >= 11 is 0. The van der Waals surface area contributed by atoms with Crippen LogP contribution in [0.4, 0.5) is 4.79 Å². The molecule has 0 saturated carbocycles. The maximum atomic E-state index is 13.6. The minimum absolute atomic E-state index is 0.176. The van der Waals surface area contributed by atoms with Gasteiger partial charge in [0.1, 0.15) is 5.60 Å². The molecule has 0 aliphatic carbocycles. The normalized spacial score (nSPS) is 13.4. The molecule has 0 bridgehead atoms. The number of carbonyl (C=O) groups is 2. The maximum absolute atomic E-state index is 13.6. The summed E-state index contributed by atoms with van der Waals surface area (Å²) in [4.78, 5) is 31.7. The molecular weight excluding hydrogens is 472 g/mol. The molecule has 0 unspecified atom stereocenters. The van der Waals surface area contributed by atoms with Crippen molar-refractivity contribution in [1.29, 1.82) is 0 Å². The molecule has 206 valence electrons. The van der Waals surface area contributed by atoms with Crippen LogP contribution in [0, 0.1) is 0 Å². The topological polar surface area (TPSA) is 116 Å². The Morgan fingerprint density at radius 2 is 1.76 bits per heavy atom. The van der Waals surface area contributed by atoms with Gasteiger partial charge < -0.3 is 30.2 Å². The Bertz CT molecular complexity index is 983. The number of fused-ring (bicyclic) bond motifs is 1. The number of hydrogen-bond acceptors (Lipinski definition) is 7. The lowest BCUT2D eigenvalue weighted by Gasteiger charge is -2.36. The van der Waals surface area contributed by atoms with E-state index in [4.69, 9.17) is 19.9 Å². The molecule has 0 radical (unpaired) electrons. The van der Waals surface area contributed by atoms with E-state index in [1.165, 1.54) is 0 Å². The standard InChI is InChI=1S/C28H44N4O5/c1-7-35-26(36-8-2)20(3)32(19-22-14-11-13-21-15-12-18-30-24(21)22)25(33)23(29)16-9-10-17-31-27(34)37-28(4,5)6/h11-15,18,20,23,26H,7-10,16-17,19,29H2,1-6H3,(H,31,34)/t20-,23+/m1/s1. The Labute approximate surface area is 221 Å². The molecular formula is C28H44N4O5. The van der Waals surface area contributed by atoms with Gasteiger partial charge in [0.2, 0.25) is 5.91 Å². The zero-order valence-electron chi connectivity index (χ0n) is 23.2. The molecule has 37 heavy (non-hydrogen) atoms. The molecule has 0 aliphatic heterocycles. The number of benzene rings is 1. The molecule has 2 atom stereocenters. The van der Waals surface area contributed by atoms with Crippen LogP contribution in [-0.4, -0.2) is 65.6 Å². The van der Waals surface area contributed by atoms with Crippen molar-refractivity contribution in [1.82, 2.24) is 15.2 Å². The second-order valence-electron chi connectivity index (χ2n) is 10.0. The van der Waals surface area contributed by atoms with Gasteiger partial charge in [0, 0.05) is 37.9 Å². The van der Waals surface area contributed by atoms with E-state index >= 15 is 0 Å². The largest absolute Gasteiger partial charge is 0.444 e. The number of ether oxygens (including phenoxy) is 3. The molecule has 2 rings (SSSR count). The third kappa shape index (κ3) is 9.91. The first-order valence-electron chi connectivity index (χ1n) is 13.2. The van der Waals surface area contributed by atoms with Crippen molar-refractivity contribution in [3.05, 3.63) is 42.1 Å². The molecule has 9 nitrogen and oxygen atoms in total. The van der Waals surface area contributed by atoms with E-state index in [1.807, 2.05) is 71.9 Å². The average molecular weight is 517 g/mol. The van der Waals surface area contributed by atoms with Crippen molar-refractivity contribution in [3.8, 4) is 0 Å². The van der Waals surface area contributed by atoms with Crippen LogP contribution >= 0.6 is 0 Å². The van der Waals surface area contributed by atoms with Crippen LogP contribution in [0.25, 0.3) is 10.9 Å². The Kier molecular flexibility index (Phi) is 12.2. The fraction of sp³-hybridized carbons (Fsp3) is 0.607. The minimum Gasteiger partial charge on any atom is -0.444 e. The number of amides is 2. The van der Waals surface area contributed by atoms with Crippen molar-refractivity contribution in [2.75, 3.05) is 19.8 Å². The lowest BCUT2D eigenvalue weighted by Crippen LogP contribution is -2.52. The zero-order chi connectivity index (χ0) is 27.4. The van der Waals surface area contributed by atoms with E-state index in [0.717, 1.165) is 16.5 Å². The van der Waals surface area contributed by atoms with Gasteiger partial charge in [-0.15, -0.1) is 0 Å². The van der Waals surface area contributed by atoms with E-state index in [2.05, 4.69) is 10.3 Å². The van der Waals surface area contributed by atoms with E-state index in [-0.39, 0.29) is 11.9 Å². The maximum Gasteiger partial charge on any atom is 0.407 e. The highest BCUT2D eigenvalue weighted by Gasteiger charge is 2.31. The third-order valence-electron chi connectivity index (χ3n) is 5.81. The van der Waals surface area contributed by atoms with Crippen molar-refractivity contribution in [2.45, 2.75) is 91.3 Å². The summed E-state index contributed by atoms with van der Waals surface area (Å²) in [6.45, 7) is 12.9. The number of carbonyl (C=O) groups excluding carboxylic acids is 2. The summed E-state index contributed by atoms with van der Waals surface area (Å²) in [5.41, 5.74) is 7.63. The van der Waals surface area contributed by atoms with Crippen molar-refractivity contribution in [3.63, 3.8) is 0 Å². The van der Waals surface area contributed by atoms with Crippen LogP contribution in [0.3, 0.4) is 0 Å². The van der Waals surface area contributed by atoms with Gasteiger partial charge in [0.05, 0.1) is 17.6 Å². The van der Waals surface area contributed by atoms with Gasteiger partial charge in [0.15, 0.2) is 6.29 Å². The first-order valence-corrected chi connectivity index (χ1v) is 13.2. The van der Waals surface area contributed by atoms with Gasteiger partial charge in [-0.05, 0) is 72.4 Å². The van der Waals surface area contributed by atoms with Crippen molar-refractivity contribution in [2.24, 2.45) is 5.73 Å². The van der Waals surface area contributed by atoms with Gasteiger partial charge >= 0.3 is 6.09 Å². The van der Waals surface area contributed by atoms with E-state index in [1.54, 1.807) is 11.1 Å². The van der Waals surface area contributed by atoms with Crippen LogP contribution in [0.1, 0.15) is 66.4 Å². The SMILES string of the molecule is CCOC(OCC)[C@@H](C)N(Cc1cccc2cccnc12)C(=O)[C@@H](N)CCCCNC(=O)OC(C)(C)C. The van der Waals surface area contributed by atoms with Gasteiger partial charge in [-0.3, -0.25) is 9.78 Å². The number of pyridine rings is 1. The molecule has 0 aliphatic rings. The molecule has 0 spiro atoms. The van der Waals surface area contributed by atoms with Crippen molar-refractivity contribution >= 4 is 22.9 Å². The molecule has 1 aromatic carbocycles. The molecule has 2 aromatic rings. The number of nitrogens with two attached hydrogens (primary N) is 1. The minimum atomic E-state index is -0.698. The fourth-order valence-electron chi connectivity index (χ4n) is 4.03. The van der Waals surface area contributed by atoms with Gasteiger partial charge in [-0.25, -0.2) is 4.79 Å². The van der Waals surface area contributed by atoms with Crippen LogP contribution in [0.2, 0.25) is 0 Å². The number of nitrogens with one attached hydrogen (secondary N) is 1. The number of unbranched alkanes of at least 4 members (excludes halogenated alkanes) is 1. The number of aromatic nitrogens is 1. The predicted octanol–water partition coefficient (Wildman–Crippen LogP) is 4.37. The van der Waals surface area contributed by atoms with E-state index < -0.39 is 24.0 Å². The number of para-hydroxylation sites is 1. The fourth-order valence-corrected chi connectivity index (χ4v) is 4.03. The van der Waals surface area contributed by atoms with Crippen molar-refractivity contribution < 1.29 is 23.8 Å². The Balaban J connectivity index is 2.10. The first kappa shape index (κ1) is 30.5. The van der Waals surface area contributed by atoms with Crippen LogP contribution in [0.15, 0.2) is 36.5 Å². The summed E-state index contributed by atoms with van der Waals surface area (Å²) < 4.78 is 16.9. The summed E-state index contributed by atoms with van der Waals surface area (Å²) in [6, 6.07) is 8.77. The molecule has 2 amide bonds. The molecule has 3 N–H and O–H groups in total. The second-order valence-corrected chi connectivity index (χ2v) is 10.0. The monoisotopic (exact) mass is 516 g/mol. The van der Waals surface area contributed by atoms with Gasteiger partial charge in [0.25, 0.3) is 0 Å². The molecule has 1 heterocycles. The highest BCUT2D eigenvalue weighted by molar-refractivity contribution is 5.84. The highest BCUT2D eigenvalue weighted by atomic mass is 16.7. The molecule has 0 saturated heterocycles. The zero-order valence-corrected chi connectivity index (χ0v) is 23.2. The second kappa shape index (κ2) is 14.9. The first-order chi connectivity index (χ1) is 17.6. The highest BCUT2D eigenvalue weighted by Crippen LogP contribution is 2.22. The number of hydrogen-bond donors (Lipinski definition) is 2. The lowest BCUT2D eigenvalue weighted by atomic mass is 10.0. The number of rotatable bonds is 14. The van der Waals surface area contributed by atoms with E-state index in [9.17, 15) is 9.59 Å². The average Bonchev–Trinajstić information content (AvgIpc) is 2.85. The predicted molar refractivity (Wildman–Crippen MR) is 145 cm³/mol. The van der Waals surface area contributed by atoms with Crippen LogP contribution < -0.4 is 11.1 Å². The van der Waals surface area contributed by atoms with Gasteiger partial charge in [-0.2, -0.15) is 0 Å². The Hall–Kier alpha value is -2.75. The molecule has 0 fully saturated rings. The quantitative estimate of drug-likeness (QED) is 0.283. The smallest absolute Gasteiger partial charge is 0.407 e. The third-order valence-corrected chi connectivity index (χ3v) is 5.81. The Morgan fingerprint density at radius 1 is 1.08 bits per heavy atom. The molecule has 1 aromatic heterocycles. The summed E-state index contributed by atoms with van der Waals surface area (Å²) in [6.07, 6.45) is 2.58. The summed E-state index contributed by atoms with van der Waals surface area (Å²) in [5.74, 6) is -0.176. The molecule has 9 heteroatoms. The van der Waals surface area contributed by atoms with Gasteiger partial charge in [-0.1, -0.05) is 24.3 Å². The van der Waals surface area contributed by atoms with Crippen LogP contribution in [0.5, 0.6) is 0 Å². The summed E-state index contributed by atoms with van der Waals surface area (Å²) in [5, 5.41) is 3.75. The van der Waals surface area contributed by atoms with E-state index in [0.29, 0.717) is 45.6 Å². The number of nitrogens with zero attached hydrogens (tertiary/aromatic N) is 2. The van der Waals surface area contributed by atoms with Crippen LogP contribution in [-0.2, 0) is 25.5 Å².